The summed E-state index contributed by atoms with van der Waals surface area (Å²) in [4.78, 5) is 11.9. The quantitative estimate of drug-likeness (QED) is 0.0454. The van der Waals surface area contributed by atoms with Crippen LogP contribution in [0.5, 0.6) is 0 Å². The summed E-state index contributed by atoms with van der Waals surface area (Å²) in [5, 5.41) is 0. The first kappa shape index (κ1) is 54.5. The normalized spacial score (nSPS) is 12.1. The highest BCUT2D eigenvalue weighted by Crippen LogP contribution is 2.18. The van der Waals surface area contributed by atoms with E-state index < -0.39 is 0 Å². The van der Waals surface area contributed by atoms with Gasteiger partial charge in [-0.05, 0) is 18.8 Å². The van der Waals surface area contributed by atoms with Gasteiger partial charge in [-0.3, -0.25) is 4.79 Å². The standard InChI is InChI=1S/C53H106O2/c1-4-6-7-8-9-37-41-44-47-50-53(54)55-51-48-45-42-39-36-34-32-30-28-26-24-22-20-18-16-14-12-10-11-13-15-17-19-21-23-25-27-29-31-33-35-38-40-43-46-49-52(3)5-2/h52H,4-51H2,1-3H3. The Labute approximate surface area is 349 Å². The molecule has 0 aliphatic rings. The van der Waals surface area contributed by atoms with Crippen LogP contribution in [-0.2, 0) is 9.53 Å². The molecule has 0 aromatic heterocycles. The van der Waals surface area contributed by atoms with Crippen molar-refractivity contribution in [1.82, 2.24) is 0 Å². The van der Waals surface area contributed by atoms with Crippen molar-refractivity contribution in [3.63, 3.8) is 0 Å². The SMILES string of the molecule is CCCCCCCCCCCC(=O)OCCCCCCCCCCCCCCCCCCCCCCCCCCCCCCCCCCCCCC(C)CC. The van der Waals surface area contributed by atoms with Gasteiger partial charge in [0.15, 0.2) is 0 Å². The van der Waals surface area contributed by atoms with E-state index in [-0.39, 0.29) is 5.97 Å². The summed E-state index contributed by atoms with van der Waals surface area (Å²) < 4.78 is 5.45. The number of rotatable bonds is 49. The summed E-state index contributed by atoms with van der Waals surface area (Å²) in [7, 11) is 0. The van der Waals surface area contributed by atoms with Gasteiger partial charge in [-0.15, -0.1) is 0 Å². The molecule has 2 heteroatoms. The van der Waals surface area contributed by atoms with Crippen LogP contribution in [-0.4, -0.2) is 12.6 Å². The highest BCUT2D eigenvalue weighted by atomic mass is 16.5. The summed E-state index contributed by atoms with van der Waals surface area (Å²) in [6.45, 7) is 7.64. The van der Waals surface area contributed by atoms with Crippen LogP contribution < -0.4 is 0 Å². The Morgan fingerprint density at radius 1 is 0.327 bits per heavy atom. The number of ether oxygens (including phenoxy) is 1. The molecule has 1 unspecified atom stereocenters. The fraction of sp³-hybridized carbons (Fsp3) is 0.981. The van der Waals surface area contributed by atoms with Crippen molar-refractivity contribution in [1.29, 1.82) is 0 Å². The minimum Gasteiger partial charge on any atom is -0.466 e. The van der Waals surface area contributed by atoms with Crippen LogP contribution >= 0.6 is 0 Å². The van der Waals surface area contributed by atoms with Gasteiger partial charge in [0.05, 0.1) is 6.61 Å². The van der Waals surface area contributed by atoms with E-state index in [1.54, 1.807) is 0 Å². The molecule has 0 radical (unpaired) electrons. The molecule has 330 valence electrons. The molecular formula is C53H106O2. The van der Waals surface area contributed by atoms with Gasteiger partial charge in [0, 0.05) is 6.42 Å². The second-order valence-electron chi connectivity index (χ2n) is 18.5. The summed E-state index contributed by atoms with van der Waals surface area (Å²) in [6, 6.07) is 0. The number of hydrogen-bond donors (Lipinski definition) is 0. The predicted molar refractivity (Wildman–Crippen MR) is 248 cm³/mol. The summed E-state index contributed by atoms with van der Waals surface area (Å²) in [5.74, 6) is 0.969. The van der Waals surface area contributed by atoms with E-state index in [0.29, 0.717) is 13.0 Å². The van der Waals surface area contributed by atoms with E-state index >= 15 is 0 Å². The minimum absolute atomic E-state index is 0.0272. The molecule has 0 rings (SSSR count). The number of carbonyl (C=O) groups excluding carboxylic acids is 1. The average molecular weight is 775 g/mol. The number of esters is 1. The Kier molecular flexibility index (Phi) is 49.1. The molecule has 0 aromatic carbocycles. The highest BCUT2D eigenvalue weighted by molar-refractivity contribution is 5.69. The Morgan fingerprint density at radius 3 is 0.836 bits per heavy atom. The van der Waals surface area contributed by atoms with E-state index in [9.17, 15) is 4.79 Å². The van der Waals surface area contributed by atoms with Gasteiger partial charge >= 0.3 is 5.97 Å². The first-order valence-corrected chi connectivity index (χ1v) is 26.4. The molecule has 0 heterocycles. The third-order valence-electron chi connectivity index (χ3n) is 12.8. The van der Waals surface area contributed by atoms with Crippen molar-refractivity contribution in [2.75, 3.05) is 6.61 Å². The molecule has 2 nitrogen and oxygen atoms in total. The zero-order valence-corrected chi connectivity index (χ0v) is 38.8. The first-order chi connectivity index (χ1) is 27.2. The Balaban J connectivity index is 3.11. The molecule has 0 saturated carbocycles. The number of carbonyl (C=O) groups is 1. The lowest BCUT2D eigenvalue weighted by Crippen LogP contribution is -2.05. The Morgan fingerprint density at radius 2 is 0.564 bits per heavy atom. The van der Waals surface area contributed by atoms with Crippen molar-refractivity contribution < 1.29 is 9.53 Å². The summed E-state index contributed by atoms with van der Waals surface area (Å²) >= 11 is 0. The largest absolute Gasteiger partial charge is 0.466 e. The second kappa shape index (κ2) is 49.6. The molecule has 0 aliphatic heterocycles. The third kappa shape index (κ3) is 49.5. The lowest BCUT2D eigenvalue weighted by Gasteiger charge is -2.07. The Bertz CT molecular complexity index is 688. The van der Waals surface area contributed by atoms with Crippen LogP contribution in [0, 0.1) is 5.92 Å². The van der Waals surface area contributed by atoms with Gasteiger partial charge < -0.3 is 4.74 Å². The van der Waals surface area contributed by atoms with Crippen LogP contribution in [0.25, 0.3) is 0 Å². The Hall–Kier alpha value is -0.530. The van der Waals surface area contributed by atoms with E-state index in [2.05, 4.69) is 20.8 Å². The molecule has 0 spiro atoms. The van der Waals surface area contributed by atoms with Gasteiger partial charge in [-0.1, -0.05) is 303 Å². The zero-order valence-electron chi connectivity index (χ0n) is 38.8. The maximum atomic E-state index is 11.9. The van der Waals surface area contributed by atoms with Crippen LogP contribution in [0.4, 0.5) is 0 Å². The van der Waals surface area contributed by atoms with Crippen molar-refractivity contribution >= 4 is 5.97 Å². The summed E-state index contributed by atoms with van der Waals surface area (Å²) in [5.41, 5.74) is 0. The molecular weight excluding hydrogens is 669 g/mol. The lowest BCUT2D eigenvalue weighted by atomic mass is 9.99. The van der Waals surface area contributed by atoms with E-state index in [1.165, 1.54) is 283 Å². The number of unbranched alkanes of at least 4 members (excludes halogenated alkanes) is 42. The van der Waals surface area contributed by atoms with Gasteiger partial charge in [-0.25, -0.2) is 0 Å². The monoisotopic (exact) mass is 775 g/mol. The van der Waals surface area contributed by atoms with Crippen molar-refractivity contribution in [2.24, 2.45) is 5.92 Å². The number of hydrogen-bond acceptors (Lipinski definition) is 2. The maximum Gasteiger partial charge on any atom is 0.305 e. The fourth-order valence-corrected chi connectivity index (χ4v) is 8.47. The molecule has 1 atom stereocenters. The molecule has 55 heavy (non-hydrogen) atoms. The van der Waals surface area contributed by atoms with Gasteiger partial charge in [0.2, 0.25) is 0 Å². The smallest absolute Gasteiger partial charge is 0.305 e. The molecule has 0 aromatic rings. The maximum absolute atomic E-state index is 11.9. The second-order valence-corrected chi connectivity index (χ2v) is 18.5. The summed E-state index contributed by atoms with van der Waals surface area (Å²) in [6.07, 6.45) is 65.5. The molecule has 0 bridgehead atoms. The van der Waals surface area contributed by atoms with Crippen LogP contribution in [0.15, 0.2) is 0 Å². The van der Waals surface area contributed by atoms with Crippen molar-refractivity contribution in [3.05, 3.63) is 0 Å². The zero-order chi connectivity index (χ0) is 39.8. The lowest BCUT2D eigenvalue weighted by molar-refractivity contribution is -0.143. The van der Waals surface area contributed by atoms with Gasteiger partial charge in [-0.2, -0.15) is 0 Å². The van der Waals surface area contributed by atoms with Crippen LogP contribution in [0.2, 0.25) is 0 Å². The average Bonchev–Trinajstić information content (AvgIpc) is 3.19. The van der Waals surface area contributed by atoms with E-state index in [0.717, 1.165) is 18.8 Å². The fourth-order valence-electron chi connectivity index (χ4n) is 8.47. The third-order valence-corrected chi connectivity index (χ3v) is 12.8. The van der Waals surface area contributed by atoms with Crippen molar-refractivity contribution in [3.8, 4) is 0 Å². The van der Waals surface area contributed by atoms with Crippen LogP contribution in [0.1, 0.15) is 323 Å². The highest BCUT2D eigenvalue weighted by Gasteiger charge is 2.03. The molecule has 0 N–H and O–H groups in total. The topological polar surface area (TPSA) is 26.3 Å². The first-order valence-electron chi connectivity index (χ1n) is 26.4. The van der Waals surface area contributed by atoms with Crippen LogP contribution in [0.3, 0.4) is 0 Å². The minimum atomic E-state index is 0.0272. The molecule has 0 amide bonds. The van der Waals surface area contributed by atoms with E-state index in [1.807, 2.05) is 0 Å². The van der Waals surface area contributed by atoms with Crippen molar-refractivity contribution in [2.45, 2.75) is 323 Å². The predicted octanol–water partition coefficient (Wildman–Crippen LogP) is 19.5. The molecule has 0 aliphatic carbocycles. The molecule has 0 saturated heterocycles. The van der Waals surface area contributed by atoms with Gasteiger partial charge in [0.1, 0.15) is 0 Å². The van der Waals surface area contributed by atoms with E-state index in [4.69, 9.17) is 4.74 Å². The molecule has 0 fully saturated rings. The van der Waals surface area contributed by atoms with Gasteiger partial charge in [0.25, 0.3) is 0 Å².